The third-order valence-corrected chi connectivity index (χ3v) is 6.89. The SMILES string of the molecule is Cc1ccc(S(=O)(=O)c2ccc(C)cc2-c2ccccc2)c(-c2ccccc2)c1. The minimum atomic E-state index is -3.73. The van der Waals surface area contributed by atoms with Crippen LogP contribution in [0.2, 0.25) is 0 Å². The average Bonchev–Trinajstić information content (AvgIpc) is 2.74. The summed E-state index contributed by atoms with van der Waals surface area (Å²) in [6, 6.07) is 30.4. The summed E-state index contributed by atoms with van der Waals surface area (Å²) in [5, 5.41) is 0. The molecule has 29 heavy (non-hydrogen) atoms. The standard InChI is InChI=1S/C26H22O2S/c1-19-13-15-25(23(17-19)21-9-5-3-6-10-21)29(27,28)26-16-14-20(2)18-24(26)22-11-7-4-8-12-22/h3-18H,1-2H3. The van der Waals surface area contributed by atoms with E-state index in [9.17, 15) is 8.42 Å². The molecule has 0 amide bonds. The van der Waals surface area contributed by atoms with Gasteiger partial charge < -0.3 is 0 Å². The van der Waals surface area contributed by atoms with Crippen molar-refractivity contribution in [2.24, 2.45) is 0 Å². The largest absolute Gasteiger partial charge is 0.218 e. The Kier molecular flexibility index (Phi) is 5.08. The molecule has 0 aliphatic heterocycles. The van der Waals surface area contributed by atoms with Gasteiger partial charge in [0.15, 0.2) is 0 Å². The van der Waals surface area contributed by atoms with Crippen LogP contribution in [0, 0.1) is 13.8 Å². The highest BCUT2D eigenvalue weighted by atomic mass is 32.2. The molecule has 144 valence electrons. The third kappa shape index (κ3) is 3.74. The summed E-state index contributed by atoms with van der Waals surface area (Å²) in [5.41, 5.74) is 5.28. The van der Waals surface area contributed by atoms with Crippen molar-refractivity contribution in [3.8, 4) is 22.3 Å². The van der Waals surface area contributed by atoms with Crippen molar-refractivity contribution in [1.82, 2.24) is 0 Å². The molecule has 0 N–H and O–H groups in total. The van der Waals surface area contributed by atoms with Crippen molar-refractivity contribution in [3.05, 3.63) is 108 Å². The van der Waals surface area contributed by atoms with E-state index in [1.54, 1.807) is 12.1 Å². The fourth-order valence-corrected chi connectivity index (χ4v) is 5.23. The van der Waals surface area contributed by atoms with Gasteiger partial charge in [0.1, 0.15) is 0 Å². The van der Waals surface area contributed by atoms with Gasteiger partial charge in [-0.15, -0.1) is 0 Å². The maximum atomic E-state index is 13.8. The van der Waals surface area contributed by atoms with Crippen LogP contribution in [0.5, 0.6) is 0 Å². The van der Waals surface area contributed by atoms with E-state index in [4.69, 9.17) is 0 Å². The molecule has 0 bridgehead atoms. The van der Waals surface area contributed by atoms with Gasteiger partial charge in [0.05, 0.1) is 9.79 Å². The highest BCUT2D eigenvalue weighted by Crippen LogP contribution is 2.37. The topological polar surface area (TPSA) is 34.1 Å². The summed E-state index contributed by atoms with van der Waals surface area (Å²) in [5.74, 6) is 0. The van der Waals surface area contributed by atoms with Gasteiger partial charge in [0.25, 0.3) is 0 Å². The van der Waals surface area contributed by atoms with Crippen molar-refractivity contribution in [1.29, 1.82) is 0 Å². The fourth-order valence-electron chi connectivity index (χ4n) is 3.56. The molecule has 0 aliphatic carbocycles. The first-order valence-corrected chi connectivity index (χ1v) is 11.0. The Hall–Kier alpha value is -3.17. The van der Waals surface area contributed by atoms with Crippen LogP contribution in [0.1, 0.15) is 11.1 Å². The van der Waals surface area contributed by atoms with Crippen LogP contribution in [-0.2, 0) is 9.84 Å². The molecule has 0 spiro atoms. The molecule has 0 saturated heterocycles. The molecule has 4 aromatic rings. The number of aryl methyl sites for hydroxylation is 2. The lowest BCUT2D eigenvalue weighted by molar-refractivity contribution is 0.596. The van der Waals surface area contributed by atoms with Crippen LogP contribution in [0.4, 0.5) is 0 Å². The number of sulfone groups is 1. The van der Waals surface area contributed by atoms with Gasteiger partial charge in [-0.1, -0.05) is 96.1 Å². The molecule has 0 heterocycles. The summed E-state index contributed by atoms with van der Waals surface area (Å²) in [4.78, 5) is 0.658. The van der Waals surface area contributed by atoms with Crippen LogP contribution in [0.3, 0.4) is 0 Å². The smallest absolute Gasteiger partial charge is 0.207 e. The van der Waals surface area contributed by atoms with Crippen molar-refractivity contribution < 1.29 is 8.42 Å². The minimum Gasteiger partial charge on any atom is -0.218 e. The first kappa shape index (κ1) is 19.2. The van der Waals surface area contributed by atoms with Crippen molar-refractivity contribution in [3.63, 3.8) is 0 Å². The lowest BCUT2D eigenvalue weighted by atomic mass is 10.0. The zero-order valence-electron chi connectivity index (χ0n) is 16.5. The third-order valence-electron chi connectivity index (χ3n) is 5.02. The minimum absolute atomic E-state index is 0.329. The Morgan fingerprint density at radius 3 is 1.28 bits per heavy atom. The molecule has 0 saturated carbocycles. The highest BCUT2D eigenvalue weighted by molar-refractivity contribution is 7.91. The molecule has 0 unspecified atom stereocenters. The monoisotopic (exact) mass is 398 g/mol. The molecular weight excluding hydrogens is 376 g/mol. The van der Waals surface area contributed by atoms with Gasteiger partial charge in [-0.3, -0.25) is 0 Å². The molecule has 0 aromatic heterocycles. The summed E-state index contributed by atoms with van der Waals surface area (Å²) in [7, 11) is -3.73. The van der Waals surface area contributed by atoms with Gasteiger partial charge in [-0.05, 0) is 37.1 Å². The second-order valence-corrected chi connectivity index (χ2v) is 9.12. The molecule has 4 aromatic carbocycles. The zero-order valence-corrected chi connectivity index (χ0v) is 17.3. The van der Waals surface area contributed by atoms with E-state index in [-0.39, 0.29) is 0 Å². The Bertz CT molecular complexity index is 1160. The molecule has 2 nitrogen and oxygen atoms in total. The molecule has 3 heteroatoms. The fraction of sp³-hybridized carbons (Fsp3) is 0.0769. The first-order chi connectivity index (χ1) is 14.0. The Balaban J connectivity index is 1.97. The van der Waals surface area contributed by atoms with Gasteiger partial charge in [-0.2, -0.15) is 0 Å². The highest BCUT2D eigenvalue weighted by Gasteiger charge is 2.25. The van der Waals surface area contributed by atoms with E-state index in [0.29, 0.717) is 9.79 Å². The van der Waals surface area contributed by atoms with Crippen LogP contribution in [-0.4, -0.2) is 8.42 Å². The second-order valence-electron chi connectivity index (χ2n) is 7.23. The van der Waals surface area contributed by atoms with E-state index in [2.05, 4.69) is 0 Å². The predicted octanol–water partition coefficient (Wildman–Crippen LogP) is 6.47. The molecule has 0 aliphatic rings. The van der Waals surface area contributed by atoms with E-state index >= 15 is 0 Å². The molecule has 0 fully saturated rings. The number of rotatable bonds is 4. The van der Waals surface area contributed by atoms with Gasteiger partial charge in [0, 0.05) is 11.1 Å². The summed E-state index contributed by atoms with van der Waals surface area (Å²) >= 11 is 0. The van der Waals surface area contributed by atoms with Crippen LogP contribution < -0.4 is 0 Å². The Labute approximate surface area is 172 Å². The Morgan fingerprint density at radius 1 is 0.517 bits per heavy atom. The summed E-state index contributed by atoms with van der Waals surface area (Å²) < 4.78 is 27.7. The van der Waals surface area contributed by atoms with Crippen LogP contribution >= 0.6 is 0 Å². The molecule has 0 atom stereocenters. The van der Waals surface area contributed by atoms with Gasteiger partial charge in [0.2, 0.25) is 9.84 Å². The van der Waals surface area contributed by atoms with Crippen molar-refractivity contribution in [2.45, 2.75) is 23.6 Å². The normalized spacial score (nSPS) is 11.4. The molecular formula is C26H22O2S. The van der Waals surface area contributed by atoms with Gasteiger partial charge in [-0.25, -0.2) is 8.42 Å². The van der Waals surface area contributed by atoms with Crippen LogP contribution in [0.25, 0.3) is 22.3 Å². The average molecular weight is 399 g/mol. The number of benzene rings is 4. The van der Waals surface area contributed by atoms with Gasteiger partial charge >= 0.3 is 0 Å². The lowest BCUT2D eigenvalue weighted by Gasteiger charge is -2.16. The summed E-state index contributed by atoms with van der Waals surface area (Å²) in [6.45, 7) is 3.95. The zero-order chi connectivity index (χ0) is 20.4. The maximum absolute atomic E-state index is 13.8. The Morgan fingerprint density at radius 2 is 0.897 bits per heavy atom. The van der Waals surface area contributed by atoms with Crippen molar-refractivity contribution >= 4 is 9.84 Å². The number of hydrogen-bond acceptors (Lipinski definition) is 2. The second kappa shape index (κ2) is 7.69. The molecule has 0 radical (unpaired) electrons. The lowest BCUT2D eigenvalue weighted by Crippen LogP contribution is -2.06. The van der Waals surface area contributed by atoms with Crippen LogP contribution in [0.15, 0.2) is 107 Å². The summed E-state index contributed by atoms with van der Waals surface area (Å²) in [6.07, 6.45) is 0. The van der Waals surface area contributed by atoms with E-state index in [1.807, 2.05) is 98.8 Å². The number of hydrogen-bond donors (Lipinski definition) is 0. The quantitative estimate of drug-likeness (QED) is 0.395. The first-order valence-electron chi connectivity index (χ1n) is 9.54. The van der Waals surface area contributed by atoms with E-state index in [1.165, 1.54) is 0 Å². The van der Waals surface area contributed by atoms with E-state index in [0.717, 1.165) is 33.4 Å². The molecule has 4 rings (SSSR count). The predicted molar refractivity (Wildman–Crippen MR) is 119 cm³/mol. The van der Waals surface area contributed by atoms with Crippen molar-refractivity contribution in [2.75, 3.05) is 0 Å². The maximum Gasteiger partial charge on any atom is 0.207 e. The van der Waals surface area contributed by atoms with E-state index < -0.39 is 9.84 Å².